The van der Waals surface area contributed by atoms with Gasteiger partial charge in [-0.05, 0) is 23.3 Å². The first-order valence-electron chi connectivity index (χ1n) is 7.90. The highest BCUT2D eigenvalue weighted by atomic mass is 35.5. The first kappa shape index (κ1) is 17.5. The van der Waals surface area contributed by atoms with Crippen molar-refractivity contribution in [3.05, 3.63) is 70.1 Å². The molecule has 0 spiro atoms. The Hall–Kier alpha value is -2.87. The number of halogens is 4. The predicted octanol–water partition coefficient (Wildman–Crippen LogP) is 4.56. The number of fused-ring (bicyclic) bond motifs is 1. The Kier molecular flexibility index (Phi) is 4.15. The Morgan fingerprint density at radius 3 is 2.67 bits per heavy atom. The van der Waals surface area contributed by atoms with Crippen LogP contribution in [0.15, 0.2) is 47.0 Å². The van der Waals surface area contributed by atoms with Crippen molar-refractivity contribution < 1.29 is 22.5 Å². The van der Waals surface area contributed by atoms with Gasteiger partial charge in [-0.25, -0.2) is 0 Å². The number of carbonyl (C=O) groups excluding carboxylic acids is 1. The summed E-state index contributed by atoms with van der Waals surface area (Å²) in [6.45, 7) is 0.725. The highest BCUT2D eigenvalue weighted by molar-refractivity contribution is 6.31. The fraction of sp³-hybridized carbons (Fsp3) is 0.167. The normalized spacial score (nSPS) is 13.9. The van der Waals surface area contributed by atoms with Crippen LogP contribution in [0.4, 0.5) is 13.2 Å². The molecule has 0 atom stereocenters. The van der Waals surface area contributed by atoms with Crippen molar-refractivity contribution >= 4 is 17.5 Å². The molecular weight excluding hydrogens is 383 g/mol. The molecule has 1 aromatic heterocycles. The van der Waals surface area contributed by atoms with E-state index >= 15 is 0 Å². The lowest BCUT2D eigenvalue weighted by Crippen LogP contribution is -2.23. The third kappa shape index (κ3) is 3.28. The van der Waals surface area contributed by atoms with Gasteiger partial charge in [-0.3, -0.25) is 4.79 Å². The molecule has 0 aliphatic carbocycles. The first-order valence-corrected chi connectivity index (χ1v) is 8.27. The van der Waals surface area contributed by atoms with Crippen LogP contribution >= 0.6 is 11.6 Å². The molecule has 0 saturated carbocycles. The molecular formula is C18H11ClF3N3O2. The fourth-order valence-corrected chi connectivity index (χ4v) is 3.11. The summed E-state index contributed by atoms with van der Waals surface area (Å²) in [5.41, 5.74) is 2.27. The summed E-state index contributed by atoms with van der Waals surface area (Å²) in [5.74, 6) is -1.88. The number of nitrogens with zero attached hydrogens (tertiary/aromatic N) is 3. The third-order valence-electron chi connectivity index (χ3n) is 4.23. The highest BCUT2D eigenvalue weighted by Gasteiger charge is 2.38. The molecule has 0 unspecified atom stereocenters. The van der Waals surface area contributed by atoms with Gasteiger partial charge < -0.3 is 9.42 Å². The zero-order valence-corrected chi connectivity index (χ0v) is 14.4. The number of amides is 1. The molecule has 1 aliphatic heterocycles. The predicted molar refractivity (Wildman–Crippen MR) is 89.8 cm³/mol. The van der Waals surface area contributed by atoms with Crippen LogP contribution in [0.2, 0.25) is 5.02 Å². The molecule has 3 aromatic rings. The van der Waals surface area contributed by atoms with Gasteiger partial charge in [0.1, 0.15) is 0 Å². The average Bonchev–Trinajstić information content (AvgIpc) is 3.23. The van der Waals surface area contributed by atoms with Crippen molar-refractivity contribution in [2.75, 3.05) is 0 Å². The van der Waals surface area contributed by atoms with E-state index in [2.05, 4.69) is 14.7 Å². The third-order valence-corrected chi connectivity index (χ3v) is 4.60. The lowest BCUT2D eigenvalue weighted by Gasteiger charge is -2.16. The fourth-order valence-electron chi connectivity index (χ4n) is 2.92. The maximum Gasteiger partial charge on any atom is 0.471 e. The standard InChI is InChI=1S/C18H11ClF3N3O2/c19-14-4-2-1-3-12(14)9-25-8-11-6-5-10(7-13(11)16(25)26)15-23-17(27-24-15)18(20,21)22/h1-7H,8-9H2. The zero-order valence-electron chi connectivity index (χ0n) is 13.6. The average molecular weight is 394 g/mol. The summed E-state index contributed by atoms with van der Waals surface area (Å²) in [6, 6.07) is 11.9. The summed E-state index contributed by atoms with van der Waals surface area (Å²) < 4.78 is 42.1. The lowest BCUT2D eigenvalue weighted by atomic mass is 10.1. The molecule has 9 heteroatoms. The topological polar surface area (TPSA) is 59.2 Å². The van der Waals surface area contributed by atoms with Crippen LogP contribution in [0, 0.1) is 0 Å². The number of alkyl halides is 3. The van der Waals surface area contributed by atoms with Crippen molar-refractivity contribution in [1.82, 2.24) is 15.0 Å². The number of benzene rings is 2. The minimum absolute atomic E-state index is 0.220. The van der Waals surface area contributed by atoms with Crippen molar-refractivity contribution in [2.45, 2.75) is 19.3 Å². The van der Waals surface area contributed by atoms with Crippen LogP contribution in [-0.4, -0.2) is 20.9 Å². The summed E-state index contributed by atoms with van der Waals surface area (Å²) >= 11 is 6.15. The number of rotatable bonds is 3. The largest absolute Gasteiger partial charge is 0.471 e. The second-order valence-corrected chi connectivity index (χ2v) is 6.45. The Morgan fingerprint density at radius 1 is 1.19 bits per heavy atom. The molecule has 2 aromatic carbocycles. The van der Waals surface area contributed by atoms with Crippen LogP contribution in [0.5, 0.6) is 0 Å². The lowest BCUT2D eigenvalue weighted by molar-refractivity contribution is -0.159. The summed E-state index contributed by atoms with van der Waals surface area (Å²) in [7, 11) is 0. The van der Waals surface area contributed by atoms with Crippen molar-refractivity contribution in [1.29, 1.82) is 0 Å². The minimum atomic E-state index is -4.72. The molecule has 0 fully saturated rings. The van der Waals surface area contributed by atoms with Gasteiger partial charge in [-0.2, -0.15) is 18.2 Å². The van der Waals surface area contributed by atoms with E-state index in [1.54, 1.807) is 29.2 Å². The second kappa shape index (κ2) is 6.38. The van der Waals surface area contributed by atoms with Gasteiger partial charge in [0, 0.05) is 29.2 Å². The van der Waals surface area contributed by atoms with Gasteiger partial charge in [-0.1, -0.05) is 47.1 Å². The monoisotopic (exact) mass is 393 g/mol. The van der Waals surface area contributed by atoms with E-state index < -0.39 is 12.1 Å². The molecule has 0 N–H and O–H groups in total. The van der Waals surface area contributed by atoms with Crippen LogP contribution in [-0.2, 0) is 19.3 Å². The van der Waals surface area contributed by atoms with Gasteiger partial charge in [0.2, 0.25) is 5.82 Å². The second-order valence-electron chi connectivity index (χ2n) is 6.05. The minimum Gasteiger partial charge on any atom is -0.330 e. The van der Waals surface area contributed by atoms with Crippen molar-refractivity contribution in [2.24, 2.45) is 0 Å². The molecule has 0 radical (unpaired) electrons. The number of hydrogen-bond acceptors (Lipinski definition) is 4. The molecule has 1 amide bonds. The van der Waals surface area contributed by atoms with Crippen molar-refractivity contribution in [3.8, 4) is 11.4 Å². The molecule has 0 saturated heterocycles. The van der Waals surface area contributed by atoms with E-state index in [0.29, 0.717) is 23.7 Å². The van der Waals surface area contributed by atoms with Crippen LogP contribution in [0.3, 0.4) is 0 Å². The van der Waals surface area contributed by atoms with E-state index in [1.165, 1.54) is 6.07 Å². The molecule has 4 rings (SSSR count). The Labute approximate surface area is 156 Å². The number of hydrogen-bond donors (Lipinski definition) is 0. The van der Waals surface area contributed by atoms with E-state index in [9.17, 15) is 18.0 Å². The summed E-state index contributed by atoms with van der Waals surface area (Å²) in [4.78, 5) is 17.7. The summed E-state index contributed by atoms with van der Waals surface area (Å²) in [6.07, 6.45) is -4.72. The maximum atomic E-state index is 12.7. The van der Waals surface area contributed by atoms with E-state index in [4.69, 9.17) is 11.6 Å². The number of aromatic nitrogens is 2. The zero-order chi connectivity index (χ0) is 19.2. The Bertz CT molecular complexity index is 1030. The van der Waals surface area contributed by atoms with Crippen LogP contribution < -0.4 is 0 Å². The maximum absolute atomic E-state index is 12.7. The van der Waals surface area contributed by atoms with Gasteiger partial charge in [0.25, 0.3) is 5.91 Å². The van der Waals surface area contributed by atoms with Crippen LogP contribution in [0.25, 0.3) is 11.4 Å². The highest BCUT2D eigenvalue weighted by Crippen LogP contribution is 2.32. The molecule has 2 heterocycles. The van der Waals surface area contributed by atoms with E-state index in [-0.39, 0.29) is 17.3 Å². The summed E-state index contributed by atoms with van der Waals surface area (Å²) in [5, 5.41) is 3.92. The quantitative estimate of drug-likeness (QED) is 0.654. The molecule has 138 valence electrons. The smallest absolute Gasteiger partial charge is 0.330 e. The first-order chi connectivity index (χ1) is 12.8. The molecule has 5 nitrogen and oxygen atoms in total. The Balaban J connectivity index is 1.60. The molecule has 0 bridgehead atoms. The van der Waals surface area contributed by atoms with Gasteiger partial charge in [0.05, 0.1) is 0 Å². The SMILES string of the molecule is O=C1c2cc(-c3noc(C(F)(F)F)n3)ccc2CN1Cc1ccccc1Cl. The van der Waals surface area contributed by atoms with Gasteiger partial charge in [0.15, 0.2) is 0 Å². The van der Waals surface area contributed by atoms with E-state index in [0.717, 1.165) is 11.1 Å². The Morgan fingerprint density at radius 2 is 1.96 bits per heavy atom. The van der Waals surface area contributed by atoms with E-state index in [1.807, 2.05) is 12.1 Å². The molecule has 27 heavy (non-hydrogen) atoms. The molecule has 1 aliphatic rings. The van der Waals surface area contributed by atoms with Crippen LogP contribution in [0.1, 0.15) is 27.4 Å². The van der Waals surface area contributed by atoms with Gasteiger partial charge >= 0.3 is 12.1 Å². The number of carbonyl (C=O) groups is 1. The van der Waals surface area contributed by atoms with Crippen molar-refractivity contribution in [3.63, 3.8) is 0 Å². The van der Waals surface area contributed by atoms with Gasteiger partial charge in [-0.15, -0.1) is 0 Å².